The summed E-state index contributed by atoms with van der Waals surface area (Å²) in [6.45, 7) is 2.39. The summed E-state index contributed by atoms with van der Waals surface area (Å²) in [5.41, 5.74) is 7.37. The fourth-order valence-corrected chi connectivity index (χ4v) is 3.78. The number of benzene rings is 3. The van der Waals surface area contributed by atoms with E-state index < -0.39 is 6.09 Å². The van der Waals surface area contributed by atoms with Crippen molar-refractivity contribution in [2.45, 2.75) is 13.3 Å². The molecular formula is C24H20N2O4. The molecule has 0 unspecified atom stereocenters. The van der Waals surface area contributed by atoms with Crippen molar-refractivity contribution in [3.63, 3.8) is 0 Å². The number of aliphatic imine (C=N–C) groups is 1. The van der Waals surface area contributed by atoms with Gasteiger partial charge in [-0.3, -0.25) is 10.3 Å². The number of anilines is 1. The Bertz CT molecular complexity index is 1170. The van der Waals surface area contributed by atoms with Gasteiger partial charge >= 0.3 is 6.09 Å². The van der Waals surface area contributed by atoms with E-state index in [1.54, 1.807) is 6.92 Å². The highest BCUT2D eigenvalue weighted by molar-refractivity contribution is 5.88. The molecule has 0 saturated heterocycles. The van der Waals surface area contributed by atoms with E-state index in [1.807, 2.05) is 48.7 Å². The molecule has 6 nitrogen and oxygen atoms in total. The first-order valence-electron chi connectivity index (χ1n) is 9.83. The Balaban J connectivity index is 1.34. The Kier molecular flexibility index (Phi) is 4.59. The molecule has 1 heterocycles. The van der Waals surface area contributed by atoms with Gasteiger partial charge in [-0.05, 0) is 83.6 Å². The molecule has 0 spiro atoms. The number of carbonyl (C=O) groups excluding carboxylic acids is 1. The topological polar surface area (TPSA) is 69.2 Å². The second kappa shape index (κ2) is 7.55. The van der Waals surface area contributed by atoms with Crippen molar-refractivity contribution in [1.82, 2.24) is 0 Å². The smallest absolute Gasteiger partial charge is 0.411 e. The van der Waals surface area contributed by atoms with Crippen LogP contribution in [0, 0.1) is 0 Å². The molecule has 2 aliphatic rings. The molecule has 1 aliphatic carbocycles. The average molecular weight is 400 g/mol. The molecule has 0 saturated carbocycles. The number of ether oxygens (including phenoxy) is 3. The number of amides is 1. The van der Waals surface area contributed by atoms with Gasteiger partial charge in [-0.1, -0.05) is 12.1 Å². The number of nitrogens with zero attached hydrogens (tertiary/aromatic N) is 1. The first kappa shape index (κ1) is 18.2. The summed E-state index contributed by atoms with van der Waals surface area (Å²) in [5.74, 6) is 1.51. The lowest BCUT2D eigenvalue weighted by Crippen LogP contribution is -2.13. The highest BCUT2D eigenvalue weighted by atomic mass is 16.7. The molecule has 5 rings (SSSR count). The summed E-state index contributed by atoms with van der Waals surface area (Å²) in [6, 6.07) is 17.9. The van der Waals surface area contributed by atoms with E-state index in [4.69, 9.17) is 14.2 Å². The quantitative estimate of drug-likeness (QED) is 0.472. The van der Waals surface area contributed by atoms with Crippen LogP contribution >= 0.6 is 0 Å². The maximum Gasteiger partial charge on any atom is 0.411 e. The summed E-state index contributed by atoms with van der Waals surface area (Å²) in [7, 11) is 0. The molecule has 6 heteroatoms. The zero-order valence-corrected chi connectivity index (χ0v) is 16.5. The summed E-state index contributed by atoms with van der Waals surface area (Å²) in [5, 5.41) is 2.76. The van der Waals surface area contributed by atoms with Crippen LogP contribution in [0.3, 0.4) is 0 Å². The summed E-state index contributed by atoms with van der Waals surface area (Å²) >= 11 is 0. The highest BCUT2D eigenvalue weighted by Crippen LogP contribution is 2.39. The third kappa shape index (κ3) is 3.48. The molecule has 30 heavy (non-hydrogen) atoms. The minimum atomic E-state index is -0.437. The molecule has 0 fully saturated rings. The first-order valence-corrected chi connectivity index (χ1v) is 9.83. The van der Waals surface area contributed by atoms with Crippen molar-refractivity contribution in [2.75, 3.05) is 18.7 Å². The molecule has 0 bridgehead atoms. The van der Waals surface area contributed by atoms with Crippen molar-refractivity contribution < 1.29 is 19.0 Å². The van der Waals surface area contributed by atoms with Gasteiger partial charge in [0.1, 0.15) is 0 Å². The Hall–Kier alpha value is -3.80. The van der Waals surface area contributed by atoms with E-state index in [2.05, 4.69) is 22.4 Å². The van der Waals surface area contributed by atoms with Gasteiger partial charge in [-0.25, -0.2) is 4.79 Å². The van der Waals surface area contributed by atoms with E-state index in [-0.39, 0.29) is 6.79 Å². The van der Waals surface area contributed by atoms with Gasteiger partial charge < -0.3 is 14.2 Å². The van der Waals surface area contributed by atoms with Gasteiger partial charge in [0.25, 0.3) is 0 Å². The third-order valence-corrected chi connectivity index (χ3v) is 5.15. The maximum absolute atomic E-state index is 11.7. The van der Waals surface area contributed by atoms with Crippen LogP contribution in [0.5, 0.6) is 11.5 Å². The average Bonchev–Trinajstić information content (AvgIpc) is 3.35. The highest BCUT2D eigenvalue weighted by Gasteiger charge is 2.19. The third-order valence-electron chi connectivity index (χ3n) is 5.15. The predicted octanol–water partition coefficient (Wildman–Crippen LogP) is 5.31. The number of nitrogens with one attached hydrogen (secondary N) is 1. The van der Waals surface area contributed by atoms with E-state index in [1.165, 1.54) is 22.3 Å². The fraction of sp³-hybridized carbons (Fsp3) is 0.167. The van der Waals surface area contributed by atoms with E-state index >= 15 is 0 Å². The molecule has 1 amide bonds. The maximum atomic E-state index is 11.7. The van der Waals surface area contributed by atoms with E-state index in [0.717, 1.165) is 34.9 Å². The van der Waals surface area contributed by atoms with Crippen molar-refractivity contribution in [3.8, 4) is 22.6 Å². The van der Waals surface area contributed by atoms with Crippen LogP contribution in [-0.4, -0.2) is 25.7 Å². The normalized spacial score (nSPS) is 13.2. The van der Waals surface area contributed by atoms with Crippen LogP contribution in [0.4, 0.5) is 16.2 Å². The molecule has 3 aromatic carbocycles. The molecule has 0 atom stereocenters. The molecular weight excluding hydrogens is 380 g/mol. The number of rotatable bonds is 4. The Morgan fingerprint density at radius 1 is 1.03 bits per heavy atom. The van der Waals surface area contributed by atoms with Crippen LogP contribution in [-0.2, 0) is 11.2 Å². The Morgan fingerprint density at radius 3 is 2.70 bits per heavy atom. The zero-order valence-electron chi connectivity index (χ0n) is 16.5. The second-order valence-electron chi connectivity index (χ2n) is 7.11. The minimum Gasteiger partial charge on any atom is -0.454 e. The lowest BCUT2D eigenvalue weighted by Gasteiger charge is -2.07. The molecule has 1 aliphatic heterocycles. The number of carbonyl (C=O) groups is 1. The van der Waals surface area contributed by atoms with Crippen LogP contribution in [0.25, 0.3) is 11.1 Å². The lowest BCUT2D eigenvalue weighted by atomic mass is 10.1. The van der Waals surface area contributed by atoms with Crippen molar-refractivity contribution >= 4 is 23.7 Å². The van der Waals surface area contributed by atoms with Crippen LogP contribution in [0.1, 0.15) is 23.6 Å². The monoisotopic (exact) mass is 400 g/mol. The lowest BCUT2D eigenvalue weighted by molar-refractivity contribution is 0.168. The second-order valence-corrected chi connectivity index (χ2v) is 7.11. The van der Waals surface area contributed by atoms with Gasteiger partial charge in [0.15, 0.2) is 11.5 Å². The summed E-state index contributed by atoms with van der Waals surface area (Å²) < 4.78 is 15.7. The minimum absolute atomic E-state index is 0.262. The number of fused-ring (bicyclic) bond motifs is 4. The van der Waals surface area contributed by atoms with Crippen molar-refractivity contribution in [3.05, 3.63) is 71.3 Å². The number of hydrogen-bond donors (Lipinski definition) is 1. The zero-order chi connectivity index (χ0) is 20.5. The van der Waals surface area contributed by atoms with Crippen molar-refractivity contribution in [1.29, 1.82) is 0 Å². The number of hydrogen-bond acceptors (Lipinski definition) is 5. The molecule has 3 aromatic rings. The SMILES string of the molecule is CCOC(=O)Nc1ccc2c(c1)Cc1cc(N=Cc3ccc4c(c3)OCO4)ccc1-2. The molecule has 0 aromatic heterocycles. The summed E-state index contributed by atoms with van der Waals surface area (Å²) in [4.78, 5) is 16.3. The van der Waals surface area contributed by atoms with Gasteiger partial charge in [-0.15, -0.1) is 0 Å². The van der Waals surface area contributed by atoms with E-state index in [9.17, 15) is 4.79 Å². The van der Waals surface area contributed by atoms with Gasteiger partial charge in [-0.2, -0.15) is 0 Å². The first-order chi connectivity index (χ1) is 14.7. The Morgan fingerprint density at radius 2 is 1.83 bits per heavy atom. The summed E-state index contributed by atoms with van der Waals surface area (Å²) in [6.07, 6.45) is 2.19. The van der Waals surface area contributed by atoms with Gasteiger partial charge in [0, 0.05) is 11.9 Å². The van der Waals surface area contributed by atoms with Gasteiger partial charge in [0.05, 0.1) is 12.3 Å². The molecule has 0 radical (unpaired) electrons. The van der Waals surface area contributed by atoms with E-state index in [0.29, 0.717) is 6.61 Å². The fourth-order valence-electron chi connectivity index (χ4n) is 3.78. The standard InChI is InChI=1S/C24H20N2O4/c1-2-28-24(27)26-19-5-7-21-17(12-19)10-16-11-18(4-6-20(16)21)25-13-15-3-8-22-23(9-15)30-14-29-22/h3-9,11-13H,2,10,14H2,1H3,(H,26,27). The molecule has 150 valence electrons. The largest absolute Gasteiger partial charge is 0.454 e. The van der Waals surface area contributed by atoms with Crippen LogP contribution < -0.4 is 14.8 Å². The predicted molar refractivity (Wildman–Crippen MR) is 115 cm³/mol. The Labute approximate surface area is 174 Å². The molecule has 1 N–H and O–H groups in total. The van der Waals surface area contributed by atoms with Crippen LogP contribution in [0.2, 0.25) is 0 Å². The van der Waals surface area contributed by atoms with Crippen molar-refractivity contribution in [2.24, 2.45) is 4.99 Å². The van der Waals surface area contributed by atoms with Crippen LogP contribution in [0.15, 0.2) is 59.6 Å². The van der Waals surface area contributed by atoms with Gasteiger partial charge in [0.2, 0.25) is 6.79 Å².